The van der Waals surface area contributed by atoms with Crippen LogP contribution < -0.4 is 5.32 Å². The van der Waals surface area contributed by atoms with Crippen LogP contribution in [0.4, 0.5) is 4.79 Å². The molecular formula is C30H36N2O3. The molecular weight excluding hydrogens is 436 g/mol. The van der Waals surface area contributed by atoms with Crippen LogP contribution in [-0.4, -0.2) is 35.4 Å². The summed E-state index contributed by atoms with van der Waals surface area (Å²) in [4.78, 5) is 16.2. The molecule has 1 aromatic carbocycles. The number of alkyl carbamates (subject to hydrolysis) is 1. The zero-order chi connectivity index (χ0) is 24.0. The molecule has 1 aromatic heterocycles. The molecule has 0 radical (unpaired) electrons. The Hall–Kier alpha value is -2.66. The molecule has 3 heterocycles. The van der Waals surface area contributed by atoms with Crippen molar-refractivity contribution < 1.29 is 14.3 Å². The fourth-order valence-electron chi connectivity index (χ4n) is 7.20. The molecule has 1 saturated carbocycles. The number of nitrogens with zero attached hydrogens (tertiary/aromatic N) is 1. The van der Waals surface area contributed by atoms with Gasteiger partial charge in [0.15, 0.2) is 0 Å². The van der Waals surface area contributed by atoms with Crippen LogP contribution in [0.15, 0.2) is 60.0 Å². The van der Waals surface area contributed by atoms with Crippen molar-refractivity contribution >= 4 is 16.9 Å². The molecule has 5 heteroatoms. The van der Waals surface area contributed by atoms with Crippen molar-refractivity contribution in [2.45, 2.75) is 87.9 Å². The Morgan fingerprint density at radius 1 is 1.14 bits per heavy atom. The number of hydrogen-bond acceptors (Lipinski definition) is 4. The van der Waals surface area contributed by atoms with Gasteiger partial charge < -0.3 is 14.8 Å². The molecule has 1 amide bonds. The van der Waals surface area contributed by atoms with E-state index in [1.165, 1.54) is 33.9 Å². The Kier molecular flexibility index (Phi) is 5.71. The van der Waals surface area contributed by atoms with Crippen molar-refractivity contribution in [2.75, 3.05) is 7.05 Å². The number of amides is 1. The number of nitrogens with one attached hydrogen (secondary N) is 1. The van der Waals surface area contributed by atoms with Crippen LogP contribution >= 0.6 is 0 Å². The highest BCUT2D eigenvalue weighted by Gasteiger charge is 2.59. The first kappa shape index (κ1) is 22.8. The Bertz CT molecular complexity index is 1200. The van der Waals surface area contributed by atoms with E-state index >= 15 is 0 Å². The molecule has 5 nitrogen and oxygen atoms in total. The smallest absolute Gasteiger partial charge is 0.407 e. The maximum atomic E-state index is 11.9. The number of fused-ring (bicyclic) bond motifs is 1. The number of hydrogen-bond donors (Lipinski definition) is 1. The zero-order valence-electron chi connectivity index (χ0n) is 20.9. The average molecular weight is 473 g/mol. The van der Waals surface area contributed by atoms with E-state index in [-0.39, 0.29) is 23.4 Å². The van der Waals surface area contributed by atoms with E-state index in [9.17, 15) is 4.79 Å². The van der Waals surface area contributed by atoms with Gasteiger partial charge in [-0.2, -0.15) is 0 Å². The Balaban J connectivity index is 1.26. The van der Waals surface area contributed by atoms with Gasteiger partial charge in [0.05, 0.1) is 11.2 Å². The summed E-state index contributed by atoms with van der Waals surface area (Å²) in [5.74, 6) is 0.986. The molecule has 2 aliphatic heterocycles. The number of carbonyl (C=O) groups excluding carboxylic acids is 1. The summed E-state index contributed by atoms with van der Waals surface area (Å²) in [6.45, 7) is 2.39. The van der Waals surface area contributed by atoms with E-state index in [1.54, 1.807) is 7.05 Å². The van der Waals surface area contributed by atoms with E-state index in [1.807, 2.05) is 12.4 Å². The lowest BCUT2D eigenvalue weighted by Gasteiger charge is -2.48. The number of rotatable bonds is 2. The van der Waals surface area contributed by atoms with Gasteiger partial charge in [-0.3, -0.25) is 4.98 Å². The minimum Gasteiger partial charge on any atom is -0.446 e. The van der Waals surface area contributed by atoms with Crippen LogP contribution in [0.1, 0.15) is 76.2 Å². The van der Waals surface area contributed by atoms with Gasteiger partial charge in [-0.1, -0.05) is 31.2 Å². The van der Waals surface area contributed by atoms with E-state index in [2.05, 4.69) is 53.6 Å². The summed E-state index contributed by atoms with van der Waals surface area (Å²) in [5.41, 5.74) is 3.78. The first-order chi connectivity index (χ1) is 17.0. The number of aromatic nitrogens is 1. The van der Waals surface area contributed by atoms with Gasteiger partial charge in [0, 0.05) is 31.2 Å². The molecule has 2 bridgehead atoms. The first-order valence-corrected chi connectivity index (χ1v) is 13.4. The number of allylic oxidation sites excluding steroid dienone is 1. The molecule has 2 aliphatic carbocycles. The van der Waals surface area contributed by atoms with Gasteiger partial charge >= 0.3 is 6.09 Å². The second-order valence-corrected chi connectivity index (χ2v) is 11.1. The van der Waals surface area contributed by atoms with E-state index in [0.29, 0.717) is 11.8 Å². The largest absolute Gasteiger partial charge is 0.446 e. The normalized spacial score (nSPS) is 35.9. The average Bonchev–Trinajstić information content (AvgIpc) is 3.23. The maximum Gasteiger partial charge on any atom is 0.407 e. The van der Waals surface area contributed by atoms with Crippen LogP contribution in [0.25, 0.3) is 10.8 Å². The standard InChI is InChI=1S/C30H36N2O3/c1-20-6-7-21(23-9-8-22-12-15-32-19-24(22)16-23)4-3-5-26-17-25-10-11-27(34-28(33)31-2)18-29(25)13-14-30(20,26)35-29/h5,8-9,12,15-17,19-21,27H,3-4,6-7,10-11,13-14,18H2,1-2H3,(H,31,33)/b26-5-/t20-,21?,27+,29+,30-/m0/s1. The van der Waals surface area contributed by atoms with Crippen molar-refractivity contribution in [1.29, 1.82) is 0 Å². The molecule has 2 aromatic rings. The quantitative estimate of drug-likeness (QED) is 0.535. The predicted octanol–water partition coefficient (Wildman–Crippen LogP) is 6.59. The fourth-order valence-corrected chi connectivity index (χ4v) is 7.20. The zero-order valence-corrected chi connectivity index (χ0v) is 20.9. The van der Waals surface area contributed by atoms with Gasteiger partial charge in [-0.15, -0.1) is 0 Å². The second-order valence-electron chi connectivity index (χ2n) is 11.1. The van der Waals surface area contributed by atoms with Crippen LogP contribution in [-0.2, 0) is 9.47 Å². The minimum atomic E-state index is -0.339. The predicted molar refractivity (Wildman–Crippen MR) is 137 cm³/mol. The van der Waals surface area contributed by atoms with Crippen molar-refractivity contribution in [1.82, 2.24) is 10.3 Å². The van der Waals surface area contributed by atoms with Crippen LogP contribution in [0.5, 0.6) is 0 Å². The van der Waals surface area contributed by atoms with Gasteiger partial charge in [-0.25, -0.2) is 4.79 Å². The van der Waals surface area contributed by atoms with E-state index in [0.717, 1.165) is 51.4 Å². The summed E-state index contributed by atoms with van der Waals surface area (Å²) in [7, 11) is 1.62. The van der Waals surface area contributed by atoms with Crippen molar-refractivity contribution in [3.8, 4) is 0 Å². The minimum absolute atomic E-state index is 0.0776. The highest BCUT2D eigenvalue weighted by atomic mass is 16.6. The third-order valence-electron chi connectivity index (χ3n) is 9.21. The summed E-state index contributed by atoms with van der Waals surface area (Å²) in [5, 5.41) is 5.08. The highest BCUT2D eigenvalue weighted by Crippen LogP contribution is 2.59. The van der Waals surface area contributed by atoms with Crippen LogP contribution in [0.3, 0.4) is 0 Å². The molecule has 1 N–H and O–H groups in total. The lowest BCUT2D eigenvalue weighted by atomic mass is 9.74. The number of pyridine rings is 1. The second kappa shape index (κ2) is 8.77. The van der Waals surface area contributed by atoms with Crippen molar-refractivity contribution in [3.63, 3.8) is 0 Å². The fraction of sp³-hybridized carbons (Fsp3) is 0.533. The summed E-state index contributed by atoms with van der Waals surface area (Å²) >= 11 is 0. The summed E-state index contributed by atoms with van der Waals surface area (Å²) < 4.78 is 12.8. The SMILES string of the molecule is CNC(=O)O[C@@H]1CCC2=C/C3=C/CCC(c4ccc5ccncc5c4)CC[C@H](C)[C@@]34CC[C@]2(C1)O4. The van der Waals surface area contributed by atoms with Gasteiger partial charge in [-0.05, 0) is 97.4 Å². The van der Waals surface area contributed by atoms with Crippen molar-refractivity contribution in [2.24, 2.45) is 5.92 Å². The monoisotopic (exact) mass is 472 g/mol. The molecule has 6 rings (SSSR count). The molecule has 4 aliphatic rings. The van der Waals surface area contributed by atoms with Gasteiger partial charge in [0.2, 0.25) is 0 Å². The molecule has 1 unspecified atom stereocenters. The Morgan fingerprint density at radius 2 is 2.06 bits per heavy atom. The number of ether oxygens (including phenoxy) is 2. The third-order valence-corrected chi connectivity index (χ3v) is 9.21. The summed E-state index contributed by atoms with van der Waals surface area (Å²) in [6.07, 6.45) is 17.6. The van der Waals surface area contributed by atoms with Crippen LogP contribution in [0.2, 0.25) is 0 Å². The van der Waals surface area contributed by atoms with E-state index < -0.39 is 0 Å². The Labute approximate surface area is 208 Å². The first-order valence-electron chi connectivity index (χ1n) is 13.4. The van der Waals surface area contributed by atoms with Gasteiger partial charge in [0.1, 0.15) is 6.10 Å². The highest BCUT2D eigenvalue weighted by molar-refractivity contribution is 5.82. The molecule has 2 spiro atoms. The lowest BCUT2D eigenvalue weighted by molar-refractivity contribution is -0.122. The van der Waals surface area contributed by atoms with E-state index in [4.69, 9.17) is 9.47 Å². The lowest BCUT2D eigenvalue weighted by Crippen LogP contribution is -2.49. The third kappa shape index (κ3) is 3.88. The molecule has 184 valence electrons. The molecule has 1 saturated heterocycles. The molecule has 2 fully saturated rings. The topological polar surface area (TPSA) is 60.5 Å². The van der Waals surface area contributed by atoms with Crippen molar-refractivity contribution in [3.05, 3.63) is 65.5 Å². The van der Waals surface area contributed by atoms with Crippen LogP contribution in [0, 0.1) is 5.92 Å². The number of carbonyl (C=O) groups is 1. The maximum absolute atomic E-state index is 11.9. The van der Waals surface area contributed by atoms with Gasteiger partial charge in [0.25, 0.3) is 0 Å². The summed E-state index contributed by atoms with van der Waals surface area (Å²) in [6, 6.07) is 9.00. The molecule has 5 atom stereocenters. The number of benzene rings is 1. The Morgan fingerprint density at radius 3 is 2.94 bits per heavy atom. The molecule has 35 heavy (non-hydrogen) atoms.